The standard InChI is InChI=1S/C20H29N3O2/c24-18-7-5-15(6-8-18)9-10-22-19(25)20-13-21-11-16(20)12-23(14-20)17-3-1-2-4-17/h5-8,16-17,21,24H,1-4,9-14H2,(H,22,25)/t16-,20-/m0/s1. The van der Waals surface area contributed by atoms with Crippen LogP contribution in [-0.4, -0.2) is 54.7 Å². The van der Waals surface area contributed by atoms with E-state index < -0.39 is 0 Å². The molecule has 5 nitrogen and oxygen atoms in total. The van der Waals surface area contributed by atoms with Crippen LogP contribution in [0.4, 0.5) is 0 Å². The van der Waals surface area contributed by atoms with Gasteiger partial charge in [0.2, 0.25) is 5.91 Å². The van der Waals surface area contributed by atoms with Crippen molar-refractivity contribution < 1.29 is 9.90 Å². The van der Waals surface area contributed by atoms with Gasteiger partial charge in [0.15, 0.2) is 0 Å². The predicted octanol–water partition coefficient (Wildman–Crippen LogP) is 1.51. The minimum Gasteiger partial charge on any atom is -0.508 e. The van der Waals surface area contributed by atoms with Crippen LogP contribution >= 0.6 is 0 Å². The fraction of sp³-hybridized carbons (Fsp3) is 0.650. The van der Waals surface area contributed by atoms with E-state index in [-0.39, 0.29) is 17.1 Å². The first-order chi connectivity index (χ1) is 12.2. The van der Waals surface area contributed by atoms with Gasteiger partial charge in [-0.25, -0.2) is 0 Å². The number of likely N-dealkylation sites (tertiary alicyclic amines) is 1. The number of carbonyl (C=O) groups excluding carboxylic acids is 1. The number of rotatable bonds is 5. The number of fused-ring (bicyclic) bond motifs is 1. The summed E-state index contributed by atoms with van der Waals surface area (Å²) in [7, 11) is 0. The van der Waals surface area contributed by atoms with Gasteiger partial charge >= 0.3 is 0 Å². The molecular weight excluding hydrogens is 314 g/mol. The summed E-state index contributed by atoms with van der Waals surface area (Å²) in [6, 6.07) is 7.92. The van der Waals surface area contributed by atoms with Crippen molar-refractivity contribution in [3.63, 3.8) is 0 Å². The molecule has 1 aliphatic carbocycles. The summed E-state index contributed by atoms with van der Waals surface area (Å²) in [4.78, 5) is 15.6. The minimum absolute atomic E-state index is 0.224. The van der Waals surface area contributed by atoms with Crippen molar-refractivity contribution in [1.29, 1.82) is 0 Å². The van der Waals surface area contributed by atoms with Crippen molar-refractivity contribution in [2.45, 2.75) is 38.1 Å². The average Bonchev–Trinajstić information content (AvgIpc) is 3.31. The number of phenols is 1. The number of hydrogen-bond acceptors (Lipinski definition) is 4. The van der Waals surface area contributed by atoms with E-state index in [0.717, 1.165) is 38.2 Å². The molecule has 3 N–H and O–H groups in total. The van der Waals surface area contributed by atoms with E-state index in [2.05, 4.69) is 15.5 Å². The number of amides is 1. The maximum atomic E-state index is 13.0. The van der Waals surface area contributed by atoms with Crippen LogP contribution < -0.4 is 10.6 Å². The predicted molar refractivity (Wildman–Crippen MR) is 97.4 cm³/mol. The number of benzene rings is 1. The smallest absolute Gasteiger partial charge is 0.229 e. The van der Waals surface area contributed by atoms with Crippen molar-refractivity contribution in [1.82, 2.24) is 15.5 Å². The topological polar surface area (TPSA) is 64.6 Å². The second kappa shape index (κ2) is 6.96. The molecule has 1 saturated carbocycles. The number of aromatic hydroxyl groups is 1. The first-order valence-electron chi connectivity index (χ1n) is 9.68. The average molecular weight is 343 g/mol. The quantitative estimate of drug-likeness (QED) is 0.758. The van der Waals surface area contributed by atoms with E-state index in [0.29, 0.717) is 18.5 Å². The van der Waals surface area contributed by atoms with Crippen LogP contribution in [0, 0.1) is 11.3 Å². The second-order valence-corrected chi connectivity index (χ2v) is 8.02. The number of carbonyl (C=O) groups is 1. The van der Waals surface area contributed by atoms with Crippen molar-refractivity contribution in [2.75, 3.05) is 32.7 Å². The number of hydrogen-bond donors (Lipinski definition) is 3. The Bertz CT molecular complexity index is 612. The third-order valence-corrected chi connectivity index (χ3v) is 6.48. The van der Waals surface area contributed by atoms with E-state index in [9.17, 15) is 9.90 Å². The third-order valence-electron chi connectivity index (χ3n) is 6.48. The Morgan fingerprint density at radius 3 is 2.80 bits per heavy atom. The van der Waals surface area contributed by atoms with Gasteiger partial charge in [-0.15, -0.1) is 0 Å². The Balaban J connectivity index is 1.35. The molecule has 0 spiro atoms. The van der Waals surface area contributed by atoms with E-state index in [1.54, 1.807) is 12.1 Å². The third kappa shape index (κ3) is 3.27. The zero-order chi connectivity index (χ0) is 17.3. The van der Waals surface area contributed by atoms with E-state index in [1.807, 2.05) is 12.1 Å². The molecule has 3 fully saturated rings. The van der Waals surface area contributed by atoms with Crippen LogP contribution in [0.25, 0.3) is 0 Å². The molecule has 0 unspecified atom stereocenters. The maximum Gasteiger partial charge on any atom is 0.229 e. The molecule has 136 valence electrons. The summed E-state index contributed by atoms with van der Waals surface area (Å²) >= 11 is 0. The lowest BCUT2D eigenvalue weighted by atomic mass is 9.80. The first kappa shape index (κ1) is 16.9. The molecule has 25 heavy (non-hydrogen) atoms. The largest absolute Gasteiger partial charge is 0.508 e. The van der Waals surface area contributed by atoms with Gasteiger partial charge in [-0.2, -0.15) is 0 Å². The summed E-state index contributed by atoms with van der Waals surface area (Å²) in [6.07, 6.45) is 6.09. The highest BCUT2D eigenvalue weighted by atomic mass is 16.3. The molecule has 1 amide bonds. The fourth-order valence-electron chi connectivity index (χ4n) is 4.99. The van der Waals surface area contributed by atoms with Crippen molar-refractivity contribution in [2.24, 2.45) is 11.3 Å². The van der Waals surface area contributed by atoms with Crippen molar-refractivity contribution in [3.8, 4) is 5.75 Å². The Morgan fingerprint density at radius 1 is 1.28 bits per heavy atom. The van der Waals surface area contributed by atoms with Gasteiger partial charge in [0.05, 0.1) is 5.41 Å². The van der Waals surface area contributed by atoms with Crippen LogP contribution in [-0.2, 0) is 11.2 Å². The van der Waals surface area contributed by atoms with Crippen LogP contribution in [0.5, 0.6) is 5.75 Å². The Morgan fingerprint density at radius 2 is 2.04 bits per heavy atom. The minimum atomic E-state index is -0.239. The number of phenolic OH excluding ortho intramolecular Hbond substituents is 1. The lowest BCUT2D eigenvalue weighted by molar-refractivity contribution is -0.130. The molecule has 1 aromatic carbocycles. The molecule has 2 heterocycles. The van der Waals surface area contributed by atoms with Gasteiger partial charge in [0.1, 0.15) is 5.75 Å². The highest BCUT2D eigenvalue weighted by molar-refractivity contribution is 5.84. The summed E-state index contributed by atoms with van der Waals surface area (Å²) in [6.45, 7) is 4.42. The van der Waals surface area contributed by atoms with Gasteiger partial charge < -0.3 is 15.7 Å². The molecule has 4 rings (SSSR count). The maximum absolute atomic E-state index is 13.0. The van der Waals surface area contributed by atoms with Crippen molar-refractivity contribution >= 4 is 5.91 Å². The van der Waals surface area contributed by atoms with Gasteiger partial charge in [0, 0.05) is 44.7 Å². The molecule has 3 aliphatic rings. The molecular formula is C20H29N3O2. The zero-order valence-corrected chi connectivity index (χ0v) is 14.8. The monoisotopic (exact) mass is 343 g/mol. The summed E-state index contributed by atoms with van der Waals surface area (Å²) < 4.78 is 0. The SMILES string of the molecule is O=C(NCCc1ccc(O)cc1)[C@]12CNC[C@H]1CN(C1CCCC1)C2. The van der Waals surface area contributed by atoms with Crippen LogP contribution in [0.2, 0.25) is 0 Å². The van der Waals surface area contributed by atoms with Crippen LogP contribution in [0.3, 0.4) is 0 Å². The van der Waals surface area contributed by atoms with E-state index in [1.165, 1.54) is 25.7 Å². The molecule has 5 heteroatoms. The molecule has 2 saturated heterocycles. The molecule has 0 bridgehead atoms. The summed E-state index contributed by atoms with van der Waals surface area (Å²) in [5.41, 5.74) is 0.896. The summed E-state index contributed by atoms with van der Waals surface area (Å²) in [5.74, 6) is 0.952. The zero-order valence-electron chi connectivity index (χ0n) is 14.8. The Labute approximate surface area is 149 Å². The second-order valence-electron chi connectivity index (χ2n) is 8.02. The van der Waals surface area contributed by atoms with Gasteiger partial charge in [0.25, 0.3) is 0 Å². The fourth-order valence-corrected chi connectivity index (χ4v) is 4.99. The number of nitrogens with one attached hydrogen (secondary N) is 2. The van der Waals surface area contributed by atoms with Crippen LogP contribution in [0.15, 0.2) is 24.3 Å². The first-order valence-corrected chi connectivity index (χ1v) is 9.68. The highest BCUT2D eigenvalue weighted by Crippen LogP contribution is 2.42. The van der Waals surface area contributed by atoms with E-state index >= 15 is 0 Å². The van der Waals surface area contributed by atoms with Gasteiger partial charge in [-0.3, -0.25) is 9.69 Å². The highest BCUT2D eigenvalue weighted by Gasteiger charge is 2.55. The molecule has 1 aromatic rings. The van der Waals surface area contributed by atoms with Crippen LogP contribution in [0.1, 0.15) is 31.2 Å². The molecule has 2 aliphatic heterocycles. The van der Waals surface area contributed by atoms with Crippen molar-refractivity contribution in [3.05, 3.63) is 29.8 Å². The van der Waals surface area contributed by atoms with Gasteiger partial charge in [-0.1, -0.05) is 25.0 Å². The van der Waals surface area contributed by atoms with Gasteiger partial charge in [-0.05, 0) is 37.0 Å². The number of nitrogens with zero attached hydrogens (tertiary/aromatic N) is 1. The Kier molecular flexibility index (Phi) is 4.69. The lowest BCUT2D eigenvalue weighted by Crippen LogP contribution is -2.48. The Hall–Kier alpha value is -1.59. The normalized spacial score (nSPS) is 29.8. The summed E-state index contributed by atoms with van der Waals surface area (Å²) in [5, 5.41) is 16.0. The molecule has 2 atom stereocenters. The van der Waals surface area contributed by atoms with E-state index in [4.69, 9.17) is 0 Å². The molecule has 0 aromatic heterocycles. The lowest BCUT2D eigenvalue weighted by Gasteiger charge is -2.29. The molecule has 0 radical (unpaired) electrons.